The lowest BCUT2D eigenvalue weighted by Gasteiger charge is -2.16. The number of ether oxygens (including phenoxy) is 1. The fraction of sp³-hybridized carbons (Fsp3) is 0.778. The molecule has 0 aromatic heterocycles. The van der Waals surface area contributed by atoms with Crippen molar-refractivity contribution >= 4 is 23.5 Å². The van der Waals surface area contributed by atoms with E-state index in [0.29, 0.717) is 6.61 Å². The first-order valence-electron chi connectivity index (χ1n) is 4.75. The van der Waals surface area contributed by atoms with Crippen molar-refractivity contribution in [2.75, 3.05) is 13.7 Å². The normalized spacial score (nSPS) is 14.1. The monoisotopic (exact) mass is 236 g/mol. The zero-order valence-corrected chi connectivity index (χ0v) is 9.93. The van der Waals surface area contributed by atoms with Crippen LogP contribution in [-0.2, 0) is 9.53 Å². The van der Waals surface area contributed by atoms with Gasteiger partial charge in [0.25, 0.3) is 0 Å². The summed E-state index contributed by atoms with van der Waals surface area (Å²) in [5.41, 5.74) is 0. The Morgan fingerprint density at radius 1 is 1.47 bits per heavy atom. The van der Waals surface area contributed by atoms with Crippen LogP contribution in [0.2, 0.25) is 0 Å². The molecule has 2 N–H and O–H groups in total. The molecule has 0 bridgehead atoms. The number of methoxy groups -OCH3 is 1. The van der Waals surface area contributed by atoms with Crippen LogP contribution in [0, 0.1) is 0 Å². The van der Waals surface area contributed by atoms with Crippen LogP contribution in [-0.4, -0.2) is 37.1 Å². The SMILES string of the molecule is CCC(COC)NC(=O)NC(=O)C(C)Cl. The number of amides is 3. The van der Waals surface area contributed by atoms with Gasteiger partial charge in [-0.2, -0.15) is 0 Å². The number of nitrogens with one attached hydrogen (secondary N) is 2. The van der Waals surface area contributed by atoms with E-state index in [1.54, 1.807) is 7.11 Å². The zero-order valence-electron chi connectivity index (χ0n) is 9.17. The van der Waals surface area contributed by atoms with Gasteiger partial charge in [-0.3, -0.25) is 10.1 Å². The lowest BCUT2D eigenvalue weighted by molar-refractivity contribution is -0.119. The maximum absolute atomic E-state index is 11.2. The Morgan fingerprint density at radius 3 is 2.47 bits per heavy atom. The van der Waals surface area contributed by atoms with Crippen LogP contribution in [0.5, 0.6) is 0 Å². The quantitative estimate of drug-likeness (QED) is 0.696. The van der Waals surface area contributed by atoms with Gasteiger partial charge in [-0.15, -0.1) is 11.6 Å². The third-order valence-corrected chi connectivity index (χ3v) is 1.99. The summed E-state index contributed by atoms with van der Waals surface area (Å²) in [6.45, 7) is 3.82. The van der Waals surface area contributed by atoms with E-state index in [-0.39, 0.29) is 6.04 Å². The summed E-state index contributed by atoms with van der Waals surface area (Å²) < 4.78 is 4.89. The molecule has 15 heavy (non-hydrogen) atoms. The highest BCUT2D eigenvalue weighted by Crippen LogP contribution is 1.94. The number of hydrogen-bond acceptors (Lipinski definition) is 3. The number of alkyl halides is 1. The highest BCUT2D eigenvalue weighted by molar-refractivity contribution is 6.31. The molecule has 2 unspecified atom stereocenters. The van der Waals surface area contributed by atoms with Gasteiger partial charge < -0.3 is 10.1 Å². The van der Waals surface area contributed by atoms with Gasteiger partial charge in [-0.05, 0) is 13.3 Å². The van der Waals surface area contributed by atoms with E-state index in [9.17, 15) is 9.59 Å². The molecule has 88 valence electrons. The number of rotatable bonds is 5. The van der Waals surface area contributed by atoms with Crippen molar-refractivity contribution in [2.45, 2.75) is 31.7 Å². The molecule has 0 heterocycles. The van der Waals surface area contributed by atoms with Crippen LogP contribution >= 0.6 is 11.6 Å². The second kappa shape index (κ2) is 7.48. The van der Waals surface area contributed by atoms with E-state index in [4.69, 9.17) is 16.3 Å². The van der Waals surface area contributed by atoms with Gasteiger partial charge in [0.05, 0.1) is 12.6 Å². The summed E-state index contributed by atoms with van der Waals surface area (Å²) in [7, 11) is 1.55. The molecular formula is C9H17ClN2O3. The first kappa shape index (κ1) is 14.2. The molecule has 0 aliphatic carbocycles. The van der Waals surface area contributed by atoms with E-state index in [1.807, 2.05) is 6.92 Å². The standard InChI is InChI=1S/C9H17ClN2O3/c1-4-7(5-15-3)11-9(14)12-8(13)6(2)10/h6-7H,4-5H2,1-3H3,(H2,11,12,13,14). The molecule has 0 aromatic rings. The summed E-state index contributed by atoms with van der Waals surface area (Å²) in [5.74, 6) is -0.513. The third-order valence-electron chi connectivity index (χ3n) is 1.79. The second-order valence-corrected chi connectivity index (χ2v) is 3.79. The van der Waals surface area contributed by atoms with E-state index < -0.39 is 17.3 Å². The Labute approximate surface area is 94.5 Å². The van der Waals surface area contributed by atoms with Crippen molar-refractivity contribution in [1.29, 1.82) is 0 Å². The predicted octanol–water partition coefficient (Wildman–Crippen LogP) is 0.865. The molecule has 0 rings (SSSR count). The van der Waals surface area contributed by atoms with Crippen molar-refractivity contribution in [2.24, 2.45) is 0 Å². The molecule has 0 saturated carbocycles. The van der Waals surface area contributed by atoms with Gasteiger partial charge in [0.2, 0.25) is 5.91 Å². The van der Waals surface area contributed by atoms with Crippen molar-refractivity contribution in [3.05, 3.63) is 0 Å². The fourth-order valence-corrected chi connectivity index (χ4v) is 0.950. The van der Waals surface area contributed by atoms with Gasteiger partial charge in [-0.1, -0.05) is 6.92 Å². The average Bonchev–Trinajstić information content (AvgIpc) is 2.16. The topological polar surface area (TPSA) is 67.4 Å². The first-order chi connectivity index (χ1) is 7.01. The molecule has 2 atom stereocenters. The van der Waals surface area contributed by atoms with Crippen LogP contribution < -0.4 is 10.6 Å². The third kappa shape index (κ3) is 6.30. The molecule has 0 saturated heterocycles. The molecule has 3 amide bonds. The molecule has 0 aromatic carbocycles. The first-order valence-corrected chi connectivity index (χ1v) is 5.19. The minimum absolute atomic E-state index is 0.103. The van der Waals surface area contributed by atoms with Crippen molar-refractivity contribution < 1.29 is 14.3 Å². The Bertz CT molecular complexity index is 221. The molecule has 0 fully saturated rings. The molecule has 6 heteroatoms. The minimum Gasteiger partial charge on any atom is -0.383 e. The van der Waals surface area contributed by atoms with Crippen LogP contribution in [0.1, 0.15) is 20.3 Å². The Kier molecular flexibility index (Phi) is 7.07. The molecule has 5 nitrogen and oxygen atoms in total. The average molecular weight is 237 g/mol. The minimum atomic E-state index is -0.724. The largest absolute Gasteiger partial charge is 0.383 e. The second-order valence-electron chi connectivity index (χ2n) is 3.14. The molecule has 0 spiro atoms. The Morgan fingerprint density at radius 2 is 2.07 bits per heavy atom. The van der Waals surface area contributed by atoms with E-state index in [0.717, 1.165) is 6.42 Å². The number of carbonyl (C=O) groups excluding carboxylic acids is 2. The van der Waals surface area contributed by atoms with Gasteiger partial charge in [0.1, 0.15) is 5.38 Å². The van der Waals surface area contributed by atoms with Gasteiger partial charge in [0.15, 0.2) is 0 Å². The summed E-state index contributed by atoms with van der Waals surface area (Å²) >= 11 is 5.49. The van der Waals surface area contributed by atoms with Crippen molar-refractivity contribution in [3.8, 4) is 0 Å². The maximum atomic E-state index is 11.2. The summed E-state index contributed by atoms with van der Waals surface area (Å²) in [4.78, 5) is 22.3. The number of urea groups is 1. The van der Waals surface area contributed by atoms with Crippen molar-refractivity contribution in [3.63, 3.8) is 0 Å². The summed E-state index contributed by atoms with van der Waals surface area (Å²) in [6, 6.07) is -0.648. The molecular weight excluding hydrogens is 220 g/mol. The summed E-state index contributed by atoms with van der Waals surface area (Å²) in [5, 5.41) is 4.00. The van der Waals surface area contributed by atoms with E-state index in [2.05, 4.69) is 10.6 Å². The van der Waals surface area contributed by atoms with Gasteiger partial charge in [-0.25, -0.2) is 4.79 Å². The predicted molar refractivity (Wildman–Crippen MR) is 57.9 cm³/mol. The van der Waals surface area contributed by atoms with Crippen LogP contribution in [0.15, 0.2) is 0 Å². The smallest absolute Gasteiger partial charge is 0.321 e. The highest BCUT2D eigenvalue weighted by Gasteiger charge is 2.15. The Hall–Kier alpha value is -0.810. The number of carbonyl (C=O) groups is 2. The number of halogens is 1. The molecule has 0 aliphatic heterocycles. The van der Waals surface area contributed by atoms with Crippen LogP contribution in [0.3, 0.4) is 0 Å². The fourth-order valence-electron chi connectivity index (χ4n) is 0.896. The van der Waals surface area contributed by atoms with Gasteiger partial charge >= 0.3 is 6.03 Å². The molecule has 0 radical (unpaired) electrons. The zero-order chi connectivity index (χ0) is 11.8. The number of imide groups is 1. The maximum Gasteiger partial charge on any atom is 0.321 e. The number of hydrogen-bond donors (Lipinski definition) is 2. The highest BCUT2D eigenvalue weighted by atomic mass is 35.5. The van der Waals surface area contributed by atoms with Crippen LogP contribution in [0.4, 0.5) is 4.79 Å². The van der Waals surface area contributed by atoms with E-state index >= 15 is 0 Å². The summed E-state index contributed by atoms with van der Waals surface area (Å²) in [6.07, 6.45) is 0.728. The van der Waals surface area contributed by atoms with Crippen LogP contribution in [0.25, 0.3) is 0 Å². The lowest BCUT2D eigenvalue weighted by atomic mass is 10.2. The molecule has 0 aliphatic rings. The lowest BCUT2D eigenvalue weighted by Crippen LogP contribution is -2.47. The van der Waals surface area contributed by atoms with Crippen molar-refractivity contribution in [1.82, 2.24) is 10.6 Å². The van der Waals surface area contributed by atoms with Gasteiger partial charge in [0, 0.05) is 7.11 Å². The Balaban J connectivity index is 3.95. The van der Waals surface area contributed by atoms with E-state index in [1.165, 1.54) is 6.92 Å².